The summed E-state index contributed by atoms with van der Waals surface area (Å²) in [6.45, 7) is 13.2. The summed E-state index contributed by atoms with van der Waals surface area (Å²) < 4.78 is 5.51. The Morgan fingerprint density at radius 2 is 1.70 bits per heavy atom. The van der Waals surface area contributed by atoms with Gasteiger partial charge >= 0.3 is 0 Å². The minimum absolute atomic E-state index is 0.0919. The van der Waals surface area contributed by atoms with Crippen LogP contribution in [0.2, 0.25) is 0 Å². The van der Waals surface area contributed by atoms with Crippen LogP contribution >= 0.6 is 0 Å². The lowest BCUT2D eigenvalue weighted by molar-refractivity contribution is 0.377. The van der Waals surface area contributed by atoms with Gasteiger partial charge in [0.25, 0.3) is 0 Å². The monoisotopic (exact) mass is 314 g/mol. The van der Waals surface area contributed by atoms with E-state index >= 15 is 0 Å². The van der Waals surface area contributed by atoms with Crippen molar-refractivity contribution in [1.82, 2.24) is 9.97 Å². The van der Waals surface area contributed by atoms with Gasteiger partial charge in [0.05, 0.1) is 18.1 Å². The van der Waals surface area contributed by atoms with Crippen LogP contribution in [0.1, 0.15) is 72.1 Å². The number of rotatable bonds is 5. The van der Waals surface area contributed by atoms with Crippen LogP contribution in [0.5, 0.6) is 5.88 Å². The maximum atomic E-state index is 5.51. The Labute approximate surface area is 140 Å². The molecule has 0 spiro atoms. The molecule has 0 aliphatic rings. The average Bonchev–Trinajstić information content (AvgIpc) is 2.52. The average molecular weight is 314 g/mol. The van der Waals surface area contributed by atoms with E-state index in [1.807, 2.05) is 0 Å². The van der Waals surface area contributed by atoms with Crippen molar-refractivity contribution in [2.24, 2.45) is 0 Å². The molecule has 0 amide bonds. The standard InChI is InChI=1S/C20H30N2O/c1-8-12-20(6,9-2)14-10-11-15-16(13-14)22-18(23-7)17(21-15)19(3,4)5/h10-11,13H,8-9,12H2,1-7H3. The van der Waals surface area contributed by atoms with Crippen molar-refractivity contribution in [1.29, 1.82) is 0 Å². The second-order valence-corrected chi connectivity index (χ2v) is 7.70. The molecule has 1 atom stereocenters. The highest BCUT2D eigenvalue weighted by Crippen LogP contribution is 2.35. The highest BCUT2D eigenvalue weighted by molar-refractivity contribution is 5.76. The Morgan fingerprint density at radius 1 is 1.00 bits per heavy atom. The first-order valence-corrected chi connectivity index (χ1v) is 8.62. The number of benzene rings is 1. The van der Waals surface area contributed by atoms with Gasteiger partial charge in [-0.15, -0.1) is 0 Å². The molecule has 0 radical (unpaired) electrons. The normalized spacial score (nSPS) is 14.7. The molecule has 0 N–H and O–H groups in total. The van der Waals surface area contributed by atoms with Gasteiger partial charge in [-0.25, -0.2) is 9.97 Å². The maximum Gasteiger partial charge on any atom is 0.236 e. The molecule has 0 saturated carbocycles. The highest BCUT2D eigenvalue weighted by atomic mass is 16.5. The molecule has 0 saturated heterocycles. The number of fused-ring (bicyclic) bond motifs is 1. The quantitative estimate of drug-likeness (QED) is 0.740. The zero-order chi connectivity index (χ0) is 17.3. The summed E-state index contributed by atoms with van der Waals surface area (Å²) in [7, 11) is 1.67. The fraction of sp³-hybridized carbons (Fsp3) is 0.600. The number of hydrogen-bond acceptors (Lipinski definition) is 3. The predicted octanol–water partition coefficient (Wildman–Crippen LogP) is 5.40. The Bertz CT molecular complexity index is 688. The molecule has 2 aromatic rings. The Kier molecular flexibility index (Phi) is 4.98. The Hall–Kier alpha value is -1.64. The van der Waals surface area contributed by atoms with E-state index in [0.717, 1.165) is 23.1 Å². The van der Waals surface area contributed by atoms with Crippen LogP contribution in [0.15, 0.2) is 18.2 Å². The molecule has 0 bridgehead atoms. The fourth-order valence-corrected chi connectivity index (χ4v) is 3.12. The van der Waals surface area contributed by atoms with Crippen LogP contribution in [0.3, 0.4) is 0 Å². The summed E-state index contributed by atoms with van der Waals surface area (Å²) in [5.41, 5.74) is 4.21. The Morgan fingerprint density at radius 3 is 2.22 bits per heavy atom. The lowest BCUT2D eigenvalue weighted by Crippen LogP contribution is -2.21. The number of methoxy groups -OCH3 is 1. The number of nitrogens with zero attached hydrogens (tertiary/aromatic N) is 2. The first kappa shape index (κ1) is 17.7. The summed E-state index contributed by atoms with van der Waals surface area (Å²) >= 11 is 0. The summed E-state index contributed by atoms with van der Waals surface area (Å²) in [4.78, 5) is 9.57. The van der Waals surface area contributed by atoms with Crippen molar-refractivity contribution in [2.45, 2.75) is 71.6 Å². The lowest BCUT2D eigenvalue weighted by Gasteiger charge is -2.29. The summed E-state index contributed by atoms with van der Waals surface area (Å²) in [5, 5.41) is 0. The molecule has 3 heteroatoms. The highest BCUT2D eigenvalue weighted by Gasteiger charge is 2.26. The van der Waals surface area contributed by atoms with E-state index in [1.165, 1.54) is 18.4 Å². The third-order valence-electron chi connectivity index (χ3n) is 4.82. The lowest BCUT2D eigenvalue weighted by atomic mass is 9.76. The van der Waals surface area contributed by atoms with Crippen molar-refractivity contribution in [2.75, 3.05) is 7.11 Å². The maximum absolute atomic E-state index is 5.51. The van der Waals surface area contributed by atoms with Gasteiger partial charge in [-0.1, -0.05) is 54.0 Å². The number of aromatic nitrogens is 2. The molecule has 3 nitrogen and oxygen atoms in total. The molecule has 0 fully saturated rings. The van der Waals surface area contributed by atoms with Gasteiger partial charge in [-0.3, -0.25) is 0 Å². The van der Waals surface area contributed by atoms with Gasteiger partial charge in [0.1, 0.15) is 5.69 Å². The van der Waals surface area contributed by atoms with Crippen molar-refractivity contribution in [3.05, 3.63) is 29.5 Å². The third-order valence-corrected chi connectivity index (χ3v) is 4.82. The third kappa shape index (κ3) is 3.49. The van der Waals surface area contributed by atoms with Crippen molar-refractivity contribution in [3.8, 4) is 5.88 Å². The van der Waals surface area contributed by atoms with Crippen LogP contribution in [-0.2, 0) is 10.8 Å². The van der Waals surface area contributed by atoms with Gasteiger partial charge in [0.15, 0.2) is 0 Å². The molecular formula is C20H30N2O. The van der Waals surface area contributed by atoms with E-state index < -0.39 is 0 Å². The van der Waals surface area contributed by atoms with Crippen LogP contribution in [0.4, 0.5) is 0 Å². The first-order chi connectivity index (χ1) is 10.7. The molecule has 2 rings (SSSR count). The minimum atomic E-state index is -0.0919. The largest absolute Gasteiger partial charge is 0.480 e. The topological polar surface area (TPSA) is 35.0 Å². The van der Waals surface area contributed by atoms with Crippen LogP contribution in [-0.4, -0.2) is 17.1 Å². The Balaban J connectivity index is 2.61. The van der Waals surface area contributed by atoms with Gasteiger partial charge in [-0.05, 0) is 36.0 Å². The zero-order valence-electron chi connectivity index (χ0n) is 15.7. The van der Waals surface area contributed by atoms with E-state index in [-0.39, 0.29) is 10.8 Å². The van der Waals surface area contributed by atoms with Gasteiger partial charge in [-0.2, -0.15) is 0 Å². The van der Waals surface area contributed by atoms with Gasteiger partial charge in [0.2, 0.25) is 5.88 Å². The molecule has 126 valence electrons. The van der Waals surface area contributed by atoms with E-state index in [2.05, 4.69) is 59.7 Å². The number of hydrogen-bond donors (Lipinski definition) is 0. The summed E-state index contributed by atoms with van der Waals surface area (Å²) in [6.07, 6.45) is 3.48. The van der Waals surface area contributed by atoms with Crippen LogP contribution < -0.4 is 4.74 Å². The van der Waals surface area contributed by atoms with E-state index in [4.69, 9.17) is 14.7 Å². The molecule has 23 heavy (non-hydrogen) atoms. The molecule has 1 aromatic heterocycles. The SMILES string of the molecule is CCCC(C)(CC)c1ccc2nc(C(C)(C)C)c(OC)nc2c1. The summed E-state index contributed by atoms with van der Waals surface area (Å²) in [5.74, 6) is 0.635. The smallest absolute Gasteiger partial charge is 0.236 e. The van der Waals surface area contributed by atoms with Crippen molar-refractivity contribution < 1.29 is 4.74 Å². The van der Waals surface area contributed by atoms with Crippen molar-refractivity contribution in [3.63, 3.8) is 0 Å². The second kappa shape index (κ2) is 6.46. The molecule has 1 unspecified atom stereocenters. The van der Waals surface area contributed by atoms with Gasteiger partial charge in [0, 0.05) is 5.41 Å². The molecule has 1 aromatic carbocycles. The van der Waals surface area contributed by atoms with E-state index in [1.54, 1.807) is 7.11 Å². The first-order valence-electron chi connectivity index (χ1n) is 8.62. The number of ether oxygens (including phenoxy) is 1. The molecule has 1 heterocycles. The zero-order valence-corrected chi connectivity index (χ0v) is 15.7. The predicted molar refractivity (Wildman–Crippen MR) is 97.3 cm³/mol. The second-order valence-electron chi connectivity index (χ2n) is 7.70. The van der Waals surface area contributed by atoms with Crippen LogP contribution in [0, 0.1) is 0 Å². The minimum Gasteiger partial charge on any atom is -0.480 e. The summed E-state index contributed by atoms with van der Waals surface area (Å²) in [6, 6.07) is 6.52. The van der Waals surface area contributed by atoms with Crippen LogP contribution in [0.25, 0.3) is 11.0 Å². The van der Waals surface area contributed by atoms with Crippen molar-refractivity contribution >= 4 is 11.0 Å². The molecular weight excluding hydrogens is 284 g/mol. The molecule has 0 aliphatic carbocycles. The van der Waals surface area contributed by atoms with E-state index in [0.29, 0.717) is 5.88 Å². The molecule has 0 aliphatic heterocycles. The van der Waals surface area contributed by atoms with Gasteiger partial charge < -0.3 is 4.74 Å². The fourth-order valence-electron chi connectivity index (χ4n) is 3.12. The van der Waals surface area contributed by atoms with E-state index in [9.17, 15) is 0 Å².